The van der Waals surface area contributed by atoms with Crippen LogP contribution in [0.15, 0.2) is 63.5 Å². The van der Waals surface area contributed by atoms with Gasteiger partial charge in [-0.2, -0.15) is 0 Å². The van der Waals surface area contributed by atoms with Crippen LogP contribution in [0.25, 0.3) is 6.08 Å². The molecule has 1 aromatic heterocycles. The van der Waals surface area contributed by atoms with Gasteiger partial charge in [-0.05, 0) is 24.6 Å². The Kier molecular flexibility index (Phi) is 5.25. The van der Waals surface area contributed by atoms with Gasteiger partial charge in [0.25, 0.3) is 11.2 Å². The van der Waals surface area contributed by atoms with Crippen LogP contribution in [-0.2, 0) is 9.53 Å². The summed E-state index contributed by atoms with van der Waals surface area (Å²) in [4.78, 5) is 42.2. The number of nitro benzene ring substituents is 1. The number of ether oxygens (including phenoxy) is 3. The van der Waals surface area contributed by atoms with Gasteiger partial charge in [0.05, 0.1) is 45.5 Å². The van der Waals surface area contributed by atoms with Crippen molar-refractivity contribution in [2.75, 3.05) is 13.9 Å². The average Bonchev–Trinajstić information content (AvgIpc) is 3.41. The normalized spacial score (nSPS) is 16.8. The molecular formula is C23H17N3O7S. The smallest absolute Gasteiger partial charge is 0.338 e. The molecule has 0 aliphatic carbocycles. The van der Waals surface area contributed by atoms with Gasteiger partial charge in [0.15, 0.2) is 16.3 Å². The largest absolute Gasteiger partial charge is 0.466 e. The lowest BCUT2D eigenvalue weighted by molar-refractivity contribution is -0.385. The summed E-state index contributed by atoms with van der Waals surface area (Å²) in [5, 5.41) is 11.7. The van der Waals surface area contributed by atoms with Crippen molar-refractivity contribution in [3.63, 3.8) is 0 Å². The summed E-state index contributed by atoms with van der Waals surface area (Å²) in [6, 6.07) is 11.1. The fourth-order valence-corrected chi connectivity index (χ4v) is 5.04. The van der Waals surface area contributed by atoms with Gasteiger partial charge >= 0.3 is 5.97 Å². The Balaban J connectivity index is 1.75. The molecule has 0 radical (unpaired) electrons. The number of allylic oxidation sites excluding steroid dienone is 1. The van der Waals surface area contributed by atoms with Crippen LogP contribution in [0.4, 0.5) is 5.69 Å². The SMILES string of the molecule is COC(=O)C1=C(C)N=c2sc(=Cc3cc4c(cc3[N+](=O)[O-])OCO4)c(=O)n2C1c1ccccc1. The third-order valence-corrected chi connectivity index (χ3v) is 6.53. The maximum absolute atomic E-state index is 13.6. The molecule has 0 saturated carbocycles. The van der Waals surface area contributed by atoms with Crippen LogP contribution in [0.2, 0.25) is 0 Å². The van der Waals surface area contributed by atoms with E-state index in [0.29, 0.717) is 21.8 Å². The number of methoxy groups -OCH3 is 1. The predicted octanol–water partition coefficient (Wildman–Crippen LogP) is 2.05. The van der Waals surface area contributed by atoms with E-state index in [0.717, 1.165) is 11.3 Å². The van der Waals surface area contributed by atoms with Crippen molar-refractivity contribution in [3.8, 4) is 11.5 Å². The molecule has 0 fully saturated rings. The van der Waals surface area contributed by atoms with Gasteiger partial charge in [-0.15, -0.1) is 0 Å². The third kappa shape index (κ3) is 3.46. The van der Waals surface area contributed by atoms with Crippen LogP contribution in [0.3, 0.4) is 0 Å². The van der Waals surface area contributed by atoms with E-state index < -0.39 is 22.5 Å². The number of rotatable bonds is 4. The molecule has 10 nitrogen and oxygen atoms in total. The first-order valence-corrected chi connectivity index (χ1v) is 10.9. The highest BCUT2D eigenvalue weighted by atomic mass is 32.1. The van der Waals surface area contributed by atoms with E-state index in [9.17, 15) is 19.7 Å². The quantitative estimate of drug-likeness (QED) is 0.319. The summed E-state index contributed by atoms with van der Waals surface area (Å²) < 4.78 is 17.2. The van der Waals surface area contributed by atoms with Crippen molar-refractivity contribution >= 4 is 29.1 Å². The molecule has 0 amide bonds. The zero-order chi connectivity index (χ0) is 24.0. The fourth-order valence-electron chi connectivity index (χ4n) is 4.01. The molecule has 34 heavy (non-hydrogen) atoms. The van der Waals surface area contributed by atoms with Crippen LogP contribution in [0, 0.1) is 10.1 Å². The highest BCUT2D eigenvalue weighted by molar-refractivity contribution is 7.07. The van der Waals surface area contributed by atoms with Crippen LogP contribution in [0.1, 0.15) is 24.1 Å². The van der Waals surface area contributed by atoms with Crippen molar-refractivity contribution in [2.45, 2.75) is 13.0 Å². The first-order valence-electron chi connectivity index (χ1n) is 10.1. The van der Waals surface area contributed by atoms with E-state index in [1.807, 2.05) is 30.3 Å². The number of hydrogen-bond acceptors (Lipinski definition) is 9. The Morgan fingerprint density at radius 2 is 1.97 bits per heavy atom. The summed E-state index contributed by atoms with van der Waals surface area (Å²) in [5.41, 5.74) is 0.933. The number of carbonyl (C=O) groups is 1. The number of benzene rings is 2. The molecule has 1 unspecified atom stereocenters. The minimum absolute atomic E-state index is 0.0369. The summed E-state index contributed by atoms with van der Waals surface area (Å²) in [7, 11) is 1.27. The Morgan fingerprint density at radius 3 is 2.65 bits per heavy atom. The van der Waals surface area contributed by atoms with Gasteiger partial charge in [-0.3, -0.25) is 19.5 Å². The molecule has 0 saturated heterocycles. The molecular weight excluding hydrogens is 462 g/mol. The predicted molar refractivity (Wildman–Crippen MR) is 121 cm³/mol. The minimum atomic E-state index is -0.751. The molecule has 2 aromatic carbocycles. The van der Waals surface area contributed by atoms with Gasteiger partial charge in [-0.25, -0.2) is 9.79 Å². The lowest BCUT2D eigenvalue weighted by Crippen LogP contribution is -2.39. The number of nitrogens with zero attached hydrogens (tertiary/aromatic N) is 3. The van der Waals surface area contributed by atoms with E-state index in [1.165, 1.54) is 29.9 Å². The Labute approximate surface area is 195 Å². The maximum atomic E-state index is 13.6. The van der Waals surface area contributed by atoms with Crippen molar-refractivity contribution < 1.29 is 23.9 Å². The second-order valence-electron chi connectivity index (χ2n) is 7.51. The van der Waals surface area contributed by atoms with E-state index in [-0.39, 0.29) is 33.9 Å². The topological polar surface area (TPSA) is 122 Å². The molecule has 5 rings (SSSR count). The zero-order valence-corrected chi connectivity index (χ0v) is 18.8. The zero-order valence-electron chi connectivity index (χ0n) is 18.0. The van der Waals surface area contributed by atoms with Crippen molar-refractivity contribution in [2.24, 2.45) is 4.99 Å². The van der Waals surface area contributed by atoms with Crippen LogP contribution in [0.5, 0.6) is 11.5 Å². The van der Waals surface area contributed by atoms with Crippen molar-refractivity contribution in [1.29, 1.82) is 0 Å². The molecule has 0 N–H and O–H groups in total. The van der Waals surface area contributed by atoms with Crippen LogP contribution in [-0.4, -0.2) is 29.4 Å². The molecule has 172 valence electrons. The van der Waals surface area contributed by atoms with Gasteiger partial charge in [0.2, 0.25) is 6.79 Å². The van der Waals surface area contributed by atoms with Crippen molar-refractivity contribution in [1.82, 2.24) is 4.57 Å². The number of hydrogen-bond donors (Lipinski definition) is 0. The standard InChI is InChI=1S/C23H17N3O7S/c1-12-19(22(28)31-2)20(13-6-4-3-5-7-13)25-21(27)18(34-23(25)24-12)9-14-8-16-17(33-11-32-16)10-15(14)26(29)30/h3-10,20H,11H2,1-2H3. The second kappa shape index (κ2) is 8.27. The first-order chi connectivity index (χ1) is 16.4. The number of nitro groups is 1. The molecule has 3 aromatic rings. The van der Waals surface area contributed by atoms with E-state index in [4.69, 9.17) is 14.2 Å². The average molecular weight is 479 g/mol. The van der Waals surface area contributed by atoms with Crippen molar-refractivity contribution in [3.05, 3.63) is 94.7 Å². The molecule has 2 aliphatic rings. The highest BCUT2D eigenvalue weighted by Crippen LogP contribution is 2.38. The number of fused-ring (bicyclic) bond motifs is 2. The lowest BCUT2D eigenvalue weighted by Gasteiger charge is -2.24. The van der Waals surface area contributed by atoms with Gasteiger partial charge in [0.1, 0.15) is 0 Å². The minimum Gasteiger partial charge on any atom is -0.466 e. The van der Waals surface area contributed by atoms with E-state index >= 15 is 0 Å². The van der Waals surface area contributed by atoms with E-state index in [2.05, 4.69) is 4.99 Å². The maximum Gasteiger partial charge on any atom is 0.338 e. The monoisotopic (exact) mass is 479 g/mol. The van der Waals surface area contributed by atoms with Gasteiger partial charge in [-0.1, -0.05) is 41.7 Å². The second-order valence-corrected chi connectivity index (χ2v) is 8.51. The van der Waals surface area contributed by atoms with Crippen LogP contribution >= 0.6 is 11.3 Å². The molecule has 3 heterocycles. The molecule has 1 atom stereocenters. The van der Waals surface area contributed by atoms with E-state index in [1.54, 1.807) is 6.92 Å². The number of carbonyl (C=O) groups excluding carboxylic acids is 1. The van der Waals surface area contributed by atoms with Crippen LogP contribution < -0.4 is 24.4 Å². The third-order valence-electron chi connectivity index (χ3n) is 5.55. The number of esters is 1. The van der Waals surface area contributed by atoms with Gasteiger partial charge in [0, 0.05) is 0 Å². The number of thiazole rings is 1. The molecule has 11 heteroatoms. The molecule has 0 bridgehead atoms. The Bertz CT molecular complexity index is 1550. The molecule has 0 spiro atoms. The lowest BCUT2D eigenvalue weighted by atomic mass is 9.96. The first kappa shape index (κ1) is 21.6. The fraction of sp³-hybridized carbons (Fsp3) is 0.174. The summed E-state index contributed by atoms with van der Waals surface area (Å²) in [6.45, 7) is 1.65. The summed E-state index contributed by atoms with van der Waals surface area (Å²) >= 11 is 1.08. The highest BCUT2D eigenvalue weighted by Gasteiger charge is 2.33. The Morgan fingerprint density at radius 1 is 1.26 bits per heavy atom. The summed E-state index contributed by atoms with van der Waals surface area (Å²) in [5.74, 6) is 0.0409. The van der Waals surface area contributed by atoms with Gasteiger partial charge < -0.3 is 14.2 Å². The Hall–Kier alpha value is -4.25. The summed E-state index contributed by atoms with van der Waals surface area (Å²) in [6.07, 6.45) is 1.43. The number of aromatic nitrogens is 1. The molecule has 2 aliphatic heterocycles.